The molecule has 0 spiro atoms. The first-order chi connectivity index (χ1) is 8.07. The molecule has 0 aromatic heterocycles. The van der Waals surface area contributed by atoms with E-state index in [1.807, 2.05) is 17.8 Å². The molecule has 1 aromatic rings. The maximum atomic E-state index is 10.6. The number of aliphatic hydroxyl groups excluding tert-OH is 1. The zero-order chi connectivity index (χ0) is 12.5. The van der Waals surface area contributed by atoms with Crippen LogP contribution in [-0.2, 0) is 0 Å². The number of benzene rings is 1. The summed E-state index contributed by atoms with van der Waals surface area (Å²) < 4.78 is 5.17. The number of ether oxygens (including phenoxy) is 1. The third-order valence-electron chi connectivity index (χ3n) is 3.31. The van der Waals surface area contributed by atoms with Crippen LogP contribution in [0, 0.1) is 0 Å². The van der Waals surface area contributed by atoms with Gasteiger partial charge in [0, 0.05) is 15.3 Å². The molecule has 1 aliphatic heterocycles. The molecular formula is C13H17ClO2S. The molecule has 2 atom stereocenters. The van der Waals surface area contributed by atoms with Crippen LogP contribution in [0.3, 0.4) is 0 Å². The largest absolute Gasteiger partial charge is 0.496 e. The van der Waals surface area contributed by atoms with Crippen molar-refractivity contribution in [3.05, 3.63) is 28.8 Å². The molecule has 0 saturated carbocycles. The topological polar surface area (TPSA) is 29.5 Å². The summed E-state index contributed by atoms with van der Waals surface area (Å²) in [5.41, 5.74) is 0.789. The van der Waals surface area contributed by atoms with Crippen molar-refractivity contribution in [2.45, 2.75) is 30.6 Å². The van der Waals surface area contributed by atoms with Gasteiger partial charge in [-0.05, 0) is 43.7 Å². The predicted molar refractivity (Wildman–Crippen MR) is 73.1 cm³/mol. The van der Waals surface area contributed by atoms with Crippen LogP contribution in [0.25, 0.3) is 0 Å². The Labute approximate surface area is 111 Å². The van der Waals surface area contributed by atoms with Crippen molar-refractivity contribution in [1.82, 2.24) is 0 Å². The van der Waals surface area contributed by atoms with Crippen molar-refractivity contribution < 1.29 is 9.84 Å². The first kappa shape index (κ1) is 13.1. The summed E-state index contributed by atoms with van der Waals surface area (Å²) in [4.78, 5) is 0. The lowest BCUT2D eigenvalue weighted by molar-refractivity contribution is 0.131. The van der Waals surface area contributed by atoms with Crippen molar-refractivity contribution in [2.24, 2.45) is 0 Å². The lowest BCUT2D eigenvalue weighted by atomic mass is 9.92. The second-order valence-corrected chi connectivity index (χ2v) is 6.62. The monoisotopic (exact) mass is 272 g/mol. The van der Waals surface area contributed by atoms with E-state index in [4.69, 9.17) is 16.3 Å². The Bertz CT molecular complexity index is 402. The minimum absolute atomic E-state index is 0.127. The summed E-state index contributed by atoms with van der Waals surface area (Å²) in [6.07, 6.45) is 1.64. The molecule has 1 heterocycles. The Morgan fingerprint density at radius 1 is 1.53 bits per heavy atom. The molecule has 1 N–H and O–H groups in total. The second kappa shape index (κ2) is 5.09. The molecule has 94 valence electrons. The summed E-state index contributed by atoms with van der Waals surface area (Å²) in [7, 11) is 1.61. The Hall–Kier alpha value is -0.380. The minimum Gasteiger partial charge on any atom is -0.496 e. The molecule has 2 nitrogen and oxygen atoms in total. The summed E-state index contributed by atoms with van der Waals surface area (Å²) in [6, 6.07) is 5.39. The lowest BCUT2D eigenvalue weighted by Crippen LogP contribution is -2.26. The Kier molecular flexibility index (Phi) is 3.91. The molecule has 0 amide bonds. The van der Waals surface area contributed by atoms with Crippen molar-refractivity contribution in [1.29, 1.82) is 0 Å². The van der Waals surface area contributed by atoms with Gasteiger partial charge in [-0.1, -0.05) is 11.6 Å². The van der Waals surface area contributed by atoms with E-state index in [-0.39, 0.29) is 4.75 Å². The zero-order valence-corrected chi connectivity index (χ0v) is 11.6. The first-order valence-corrected chi connectivity index (χ1v) is 7.08. The van der Waals surface area contributed by atoms with Crippen LogP contribution in [-0.4, -0.2) is 22.7 Å². The van der Waals surface area contributed by atoms with Crippen LogP contribution in [0.5, 0.6) is 5.75 Å². The van der Waals surface area contributed by atoms with Crippen LogP contribution < -0.4 is 4.74 Å². The van der Waals surface area contributed by atoms with E-state index in [2.05, 4.69) is 6.92 Å². The van der Waals surface area contributed by atoms with Crippen molar-refractivity contribution >= 4 is 23.4 Å². The average Bonchev–Trinajstić information content (AvgIpc) is 2.76. The molecule has 4 heteroatoms. The molecule has 1 aromatic carbocycles. The number of rotatable bonds is 3. The molecule has 17 heavy (non-hydrogen) atoms. The molecule has 1 aliphatic rings. The molecule has 1 saturated heterocycles. The van der Waals surface area contributed by atoms with Gasteiger partial charge in [0.2, 0.25) is 0 Å². The van der Waals surface area contributed by atoms with Crippen molar-refractivity contribution in [3.8, 4) is 5.75 Å². The summed E-state index contributed by atoms with van der Waals surface area (Å²) >= 11 is 7.82. The predicted octanol–water partition coefficient (Wildman–Crippen LogP) is 3.67. The van der Waals surface area contributed by atoms with E-state index in [1.54, 1.807) is 19.2 Å². The fourth-order valence-corrected chi connectivity index (χ4v) is 3.77. The van der Waals surface area contributed by atoms with E-state index in [0.717, 1.165) is 24.2 Å². The van der Waals surface area contributed by atoms with E-state index in [1.165, 1.54) is 0 Å². The van der Waals surface area contributed by atoms with E-state index in [9.17, 15) is 5.11 Å². The zero-order valence-electron chi connectivity index (χ0n) is 10.1. The summed E-state index contributed by atoms with van der Waals surface area (Å²) in [5, 5.41) is 11.2. The first-order valence-electron chi connectivity index (χ1n) is 5.72. The highest BCUT2D eigenvalue weighted by Gasteiger charge is 2.39. The lowest BCUT2D eigenvalue weighted by Gasteiger charge is -2.30. The molecule has 2 rings (SSSR count). The van der Waals surface area contributed by atoms with E-state index >= 15 is 0 Å². The van der Waals surface area contributed by atoms with Gasteiger partial charge in [-0.3, -0.25) is 0 Å². The SMILES string of the molecule is COc1ccc(Cl)cc1C(O)C1(C)CCCS1. The number of methoxy groups -OCH3 is 1. The van der Waals surface area contributed by atoms with Crippen LogP contribution in [0.15, 0.2) is 18.2 Å². The van der Waals surface area contributed by atoms with Crippen LogP contribution >= 0.6 is 23.4 Å². The molecular weight excluding hydrogens is 256 g/mol. The van der Waals surface area contributed by atoms with Gasteiger partial charge >= 0.3 is 0 Å². The third-order valence-corrected chi connectivity index (χ3v) is 5.13. The third kappa shape index (κ3) is 2.56. The summed E-state index contributed by atoms with van der Waals surface area (Å²) in [5.74, 6) is 1.81. The Morgan fingerprint density at radius 2 is 2.29 bits per heavy atom. The highest BCUT2D eigenvalue weighted by atomic mass is 35.5. The fourth-order valence-electron chi connectivity index (χ4n) is 2.26. The number of hydrogen-bond acceptors (Lipinski definition) is 3. The van der Waals surface area contributed by atoms with Gasteiger partial charge in [0.1, 0.15) is 5.75 Å². The molecule has 0 aliphatic carbocycles. The highest BCUT2D eigenvalue weighted by Crippen LogP contribution is 2.48. The van der Waals surface area contributed by atoms with Crippen LogP contribution in [0.2, 0.25) is 5.02 Å². The molecule has 1 fully saturated rings. The highest BCUT2D eigenvalue weighted by molar-refractivity contribution is 8.00. The van der Waals surface area contributed by atoms with Crippen LogP contribution in [0.4, 0.5) is 0 Å². The molecule has 0 radical (unpaired) electrons. The van der Waals surface area contributed by atoms with Gasteiger partial charge in [0.05, 0.1) is 13.2 Å². The standard InChI is InChI=1S/C13H17ClO2S/c1-13(6-3-7-17-13)12(15)10-8-9(14)4-5-11(10)16-2/h4-5,8,12,15H,3,6-7H2,1-2H3. The minimum atomic E-state index is -0.538. The molecule has 2 unspecified atom stereocenters. The Morgan fingerprint density at radius 3 is 2.88 bits per heavy atom. The van der Waals surface area contributed by atoms with Gasteiger partial charge in [-0.2, -0.15) is 11.8 Å². The van der Waals surface area contributed by atoms with Gasteiger partial charge in [-0.15, -0.1) is 0 Å². The number of hydrogen-bond donors (Lipinski definition) is 1. The quantitative estimate of drug-likeness (QED) is 0.910. The van der Waals surface area contributed by atoms with Crippen molar-refractivity contribution in [2.75, 3.05) is 12.9 Å². The van der Waals surface area contributed by atoms with Crippen molar-refractivity contribution in [3.63, 3.8) is 0 Å². The second-order valence-electron chi connectivity index (χ2n) is 4.55. The van der Waals surface area contributed by atoms with E-state index < -0.39 is 6.10 Å². The van der Waals surface area contributed by atoms with E-state index in [0.29, 0.717) is 10.8 Å². The number of thioether (sulfide) groups is 1. The van der Waals surface area contributed by atoms with Gasteiger partial charge in [0.25, 0.3) is 0 Å². The maximum Gasteiger partial charge on any atom is 0.124 e. The van der Waals surface area contributed by atoms with Gasteiger partial charge in [-0.25, -0.2) is 0 Å². The molecule has 0 bridgehead atoms. The average molecular weight is 273 g/mol. The normalized spacial score (nSPS) is 25.9. The fraction of sp³-hybridized carbons (Fsp3) is 0.538. The summed E-state index contributed by atoms with van der Waals surface area (Å²) in [6.45, 7) is 2.11. The van der Waals surface area contributed by atoms with Gasteiger partial charge < -0.3 is 9.84 Å². The van der Waals surface area contributed by atoms with Crippen LogP contribution in [0.1, 0.15) is 31.4 Å². The van der Waals surface area contributed by atoms with Gasteiger partial charge in [0.15, 0.2) is 0 Å². The Balaban J connectivity index is 2.35. The number of halogens is 1. The number of aliphatic hydroxyl groups is 1. The smallest absolute Gasteiger partial charge is 0.124 e. The maximum absolute atomic E-state index is 10.6.